The molecule has 4 aromatic heterocycles. The Labute approximate surface area is 832 Å². The SMILES string of the molecule is CC(=[OH+])C(C)=C(C)O.CC(C)(C)C(=[OH+])C=C(O)C(C)(C)C.CC(C)(C)C(=[OH+])C=C(O)C(C)(C)C.CCCC(=[OH+])C=C(O)CCC.Cc1c[c-]c(-c2nccc3c2ccc2ccccc23)cc1.Cc1cc[c-]c(-c2nccc3c2ccc2ccccc23)c1.Fc1cc[c-]c(-c2nccc3c2ccc2ccccc23)c1.[Ir].[Ir].[Ir].[Ir].[c-]1ccccc1-c1nccc2c1ccc1ccccc12. The number of carbonyl (C=O) groups excluding carboxylic acids is 4. The minimum absolute atomic E-state index is 0. The van der Waals surface area contributed by atoms with E-state index in [0.717, 1.165) is 63.1 Å². The molecule has 4 radical (unpaired) electrons. The number of halogens is 1. The van der Waals surface area contributed by atoms with Crippen molar-refractivity contribution in [1.82, 2.24) is 19.9 Å². The first-order valence-corrected chi connectivity index (χ1v) is 43.2. The van der Waals surface area contributed by atoms with Crippen LogP contribution in [0.15, 0.2) is 320 Å². The van der Waals surface area contributed by atoms with Gasteiger partial charge in [0.05, 0.1) is 48.0 Å². The maximum Gasteiger partial charge on any atom is 0.325 e. The summed E-state index contributed by atoms with van der Waals surface area (Å²) < 4.78 is 13.5. The van der Waals surface area contributed by atoms with Crippen molar-refractivity contribution in [2.45, 2.75) is 157 Å². The first-order valence-electron chi connectivity index (χ1n) is 43.2. The van der Waals surface area contributed by atoms with Crippen LogP contribution in [-0.4, -0.2) is 82.7 Å². The van der Waals surface area contributed by atoms with E-state index in [1.807, 2.05) is 170 Å². The van der Waals surface area contributed by atoms with E-state index in [1.165, 1.54) is 131 Å². The van der Waals surface area contributed by atoms with Crippen LogP contribution in [0.5, 0.6) is 0 Å². The Kier molecular flexibility index (Phi) is 43.5. The predicted molar refractivity (Wildman–Crippen MR) is 538 cm³/mol. The molecule has 0 aliphatic heterocycles. The number of aryl methyl sites for hydroxylation is 2. The molecule has 692 valence electrons. The molecule has 8 N–H and O–H groups in total. The van der Waals surface area contributed by atoms with Gasteiger partial charge >= 0.3 is 23.1 Å². The number of ketones is 4. The number of allylic oxidation sites excluding steroid dienone is 8. The molecule has 132 heavy (non-hydrogen) atoms. The number of aliphatic hydroxyl groups is 4. The molecule has 0 saturated heterocycles. The summed E-state index contributed by atoms with van der Waals surface area (Å²) in [5.41, 5.74) is 9.32. The molecule has 0 bridgehead atoms. The van der Waals surface area contributed by atoms with Crippen LogP contribution < -0.4 is 0 Å². The third kappa shape index (κ3) is 31.4. The largest absolute Gasteiger partial charge is 0.512 e. The molecule has 0 spiro atoms. The number of hydrogen-bond acceptors (Lipinski definition) is 8. The van der Waals surface area contributed by atoms with Gasteiger partial charge < -0.3 is 40.4 Å². The normalized spacial score (nSPS) is 11.6. The zero-order valence-corrected chi connectivity index (χ0v) is 88.2. The fourth-order valence-corrected chi connectivity index (χ4v) is 13.3. The maximum atomic E-state index is 13.5. The van der Waals surface area contributed by atoms with Crippen LogP contribution >= 0.6 is 0 Å². The van der Waals surface area contributed by atoms with E-state index in [-0.39, 0.29) is 154 Å². The van der Waals surface area contributed by atoms with Gasteiger partial charge in [0.25, 0.3) is 0 Å². The average Bonchev–Trinajstić information content (AvgIpc) is 0.692. The van der Waals surface area contributed by atoms with Gasteiger partial charge in [-0.15, -0.1) is 137 Å². The van der Waals surface area contributed by atoms with Crippen molar-refractivity contribution in [3.05, 3.63) is 362 Å². The van der Waals surface area contributed by atoms with E-state index in [2.05, 4.69) is 234 Å². The molecular formula is C115H121FIr4N4O8. The van der Waals surface area contributed by atoms with E-state index >= 15 is 0 Å². The van der Waals surface area contributed by atoms with Crippen molar-refractivity contribution < 1.29 is 124 Å². The van der Waals surface area contributed by atoms with Crippen molar-refractivity contribution in [3.8, 4) is 45.0 Å². The first kappa shape index (κ1) is 111. The third-order valence-electron chi connectivity index (χ3n) is 21.2. The summed E-state index contributed by atoms with van der Waals surface area (Å²) in [6, 6.07) is 96.7. The Hall–Kier alpha value is -11.3. The zero-order valence-electron chi connectivity index (χ0n) is 78.6. The van der Waals surface area contributed by atoms with Crippen LogP contribution in [0.4, 0.5) is 4.39 Å². The Morgan fingerprint density at radius 1 is 0.341 bits per heavy atom. The van der Waals surface area contributed by atoms with Gasteiger partial charge in [0.1, 0.15) is 23.0 Å². The molecule has 0 atom stereocenters. The summed E-state index contributed by atoms with van der Waals surface area (Å²) in [5.74, 6) is 1.45. The molecule has 17 heteroatoms. The minimum Gasteiger partial charge on any atom is -0.512 e. The van der Waals surface area contributed by atoms with Crippen LogP contribution in [-0.2, 0) is 80.4 Å². The molecule has 4 heterocycles. The first-order chi connectivity index (χ1) is 60.8. The zero-order chi connectivity index (χ0) is 93.2. The van der Waals surface area contributed by atoms with Crippen LogP contribution in [0.2, 0.25) is 0 Å². The summed E-state index contributed by atoms with van der Waals surface area (Å²) in [4.78, 5) is 55.2. The Morgan fingerprint density at radius 2 is 0.682 bits per heavy atom. The van der Waals surface area contributed by atoms with E-state index < -0.39 is 0 Å². The van der Waals surface area contributed by atoms with Gasteiger partial charge in [-0.3, -0.25) is 19.2 Å². The second-order valence-electron chi connectivity index (χ2n) is 35.7. The molecule has 0 aliphatic rings. The van der Waals surface area contributed by atoms with Gasteiger partial charge in [-0.1, -0.05) is 215 Å². The van der Waals surface area contributed by atoms with E-state index in [0.29, 0.717) is 24.0 Å². The Morgan fingerprint density at radius 3 is 0.985 bits per heavy atom. The molecule has 0 fully saturated rings. The summed E-state index contributed by atoms with van der Waals surface area (Å²) in [7, 11) is 0. The third-order valence-corrected chi connectivity index (χ3v) is 21.2. The summed E-state index contributed by atoms with van der Waals surface area (Å²) in [6.45, 7) is 35.6. The van der Waals surface area contributed by atoms with Crippen molar-refractivity contribution in [3.63, 3.8) is 0 Å². The smallest absolute Gasteiger partial charge is 0.325 e. The quantitative estimate of drug-likeness (QED) is 0.0302. The standard InChI is InChI=1S/2C20H14N.C19H11FN.C19H12N.2C11H20O2.C9H16O2.C6H10O2.4Ir/c1-14-5-4-7-16(13-14)20-19-10-9-15-6-2-3-8-17(15)18(19)11-12-21-20;1-14-6-8-16(9-7-14)20-19-11-10-15-4-2-3-5-17(15)18(19)12-13-21-20;20-15-6-3-5-14(12-15)19-18-9-8-13-4-1-2-7-16(13)17(18)10-11-21-19;1-2-7-15(8-3-1)19-18-11-10-14-6-4-5-9-16(14)17(18)12-13-20-19;2*1-10(2,3)8(12)7-9(13)11(4,5)6;1-3-5-8(10)7-9(11)6-4-2;1-4(5(2)7)6(3)8;;;;/h2-6,8-13H,1H3;2-8,10-13H,1H3;1-4,6-12H;1-7,9-13H;2*7,12H,1-6H3;7,10H,3-6H2,1-2H3;7H,1-3H3;;;;/q4*-1;;;;;;;;/p+4. The summed E-state index contributed by atoms with van der Waals surface area (Å²) in [5, 5.41) is 56.4. The van der Waals surface area contributed by atoms with E-state index in [1.54, 1.807) is 19.2 Å². The minimum atomic E-state index is -0.306. The van der Waals surface area contributed by atoms with Gasteiger partial charge in [-0.25, -0.2) is 4.39 Å². The van der Waals surface area contributed by atoms with E-state index in [4.69, 9.17) is 19.8 Å². The van der Waals surface area contributed by atoms with Crippen LogP contribution in [0, 0.1) is 65.6 Å². The van der Waals surface area contributed by atoms with Crippen LogP contribution in [0.1, 0.15) is 155 Å². The van der Waals surface area contributed by atoms with Gasteiger partial charge in [0, 0.05) is 128 Å². The predicted octanol–water partition coefficient (Wildman–Crippen LogP) is 30.3. The van der Waals surface area contributed by atoms with Crippen molar-refractivity contribution in [2.75, 3.05) is 0 Å². The maximum absolute atomic E-state index is 13.5. The monoisotopic (exact) mass is 2480 g/mol. The number of hydrogen-bond donors (Lipinski definition) is 4. The van der Waals surface area contributed by atoms with Gasteiger partial charge in [0.2, 0.25) is 0 Å². The van der Waals surface area contributed by atoms with Gasteiger partial charge in [-0.05, 0) is 201 Å². The Balaban J connectivity index is 0.000000271. The molecule has 0 unspecified atom stereocenters. The number of benzene rings is 12. The molecular weight excluding hydrogens is 2350 g/mol. The fraction of sp³-hybridized carbons (Fsp3) is 0.235. The molecule has 0 aliphatic carbocycles. The van der Waals surface area contributed by atoms with Crippen molar-refractivity contribution in [2.24, 2.45) is 21.7 Å². The fourth-order valence-electron chi connectivity index (χ4n) is 13.3. The molecule has 0 amide bonds. The van der Waals surface area contributed by atoms with Crippen molar-refractivity contribution >= 4 is 109 Å². The summed E-state index contributed by atoms with van der Waals surface area (Å²) in [6.07, 6.45) is 14.9. The van der Waals surface area contributed by atoms with Crippen molar-refractivity contribution in [1.29, 1.82) is 0 Å². The van der Waals surface area contributed by atoms with Crippen LogP contribution in [0.25, 0.3) is 131 Å². The molecule has 0 saturated carbocycles. The number of pyridine rings is 4. The Bertz CT molecular complexity index is 6520. The van der Waals surface area contributed by atoms with Gasteiger partial charge in [-0.2, -0.15) is 0 Å². The molecule has 16 aromatic rings. The number of nitrogens with zero attached hydrogens (tertiary/aromatic N) is 4. The number of aliphatic hydroxyl groups excluding tert-OH is 4. The topological polar surface area (TPSA) is 218 Å². The average molecular weight is 2480 g/mol. The number of rotatable bonds is 12. The number of fused-ring (bicyclic) bond motifs is 12. The van der Waals surface area contributed by atoms with E-state index in [9.17, 15) is 24.2 Å². The molecule has 12 aromatic carbocycles. The van der Waals surface area contributed by atoms with Crippen LogP contribution in [0.3, 0.4) is 0 Å². The number of aromatic nitrogens is 4. The van der Waals surface area contributed by atoms with Gasteiger partial charge in [0.15, 0.2) is 0 Å². The second-order valence-corrected chi connectivity index (χ2v) is 35.7. The summed E-state index contributed by atoms with van der Waals surface area (Å²) >= 11 is 0. The molecule has 12 nitrogen and oxygen atoms in total. The molecule has 16 rings (SSSR count). The second kappa shape index (κ2) is 51.6.